The van der Waals surface area contributed by atoms with E-state index in [1.54, 1.807) is 10.7 Å². The van der Waals surface area contributed by atoms with Gasteiger partial charge in [0.05, 0.1) is 10.6 Å². The molecule has 0 unspecified atom stereocenters. The quantitative estimate of drug-likeness (QED) is 0.502. The molecule has 0 saturated carbocycles. The largest absolute Gasteiger partial charge is 1.00 e. The third kappa shape index (κ3) is 2.59. The van der Waals surface area contributed by atoms with E-state index in [0.29, 0.717) is 11.6 Å². The van der Waals surface area contributed by atoms with Gasteiger partial charge in [0.2, 0.25) is 5.16 Å². The molecule has 2 heterocycles. The highest BCUT2D eigenvalue weighted by Crippen LogP contribution is 2.24. The Morgan fingerprint density at radius 1 is 1.40 bits per heavy atom. The maximum absolute atomic E-state index is 10.8. The fraction of sp³-hybridized carbons (Fsp3) is 0.182. The van der Waals surface area contributed by atoms with Crippen molar-refractivity contribution in [2.24, 2.45) is 5.10 Å². The van der Waals surface area contributed by atoms with Crippen molar-refractivity contribution in [2.45, 2.75) is 12.1 Å². The number of aryl methyl sites for hydroxylation is 1. The molecule has 1 aromatic carbocycles. The number of hydrogen-bond acceptors (Lipinski definition) is 6. The molecule has 0 bridgehead atoms. The van der Waals surface area contributed by atoms with Crippen molar-refractivity contribution in [3.05, 3.63) is 45.8 Å². The molecule has 20 heavy (non-hydrogen) atoms. The van der Waals surface area contributed by atoms with Gasteiger partial charge in [-0.05, 0) is 6.92 Å². The Balaban J connectivity index is 0.00000147. The maximum Gasteiger partial charge on any atom is 0.270 e. The van der Waals surface area contributed by atoms with Crippen LogP contribution in [0.25, 0.3) is 0 Å². The second kappa shape index (κ2) is 5.71. The van der Waals surface area contributed by atoms with Gasteiger partial charge in [0.25, 0.3) is 5.69 Å². The standard InChI is InChI=1S/C11H9N5O2S.BrH/c1-7-12-13-11-15(7)14-10(6-19-11)8-3-2-4-9(5-8)16(17)18;/h2-5H,6H2,1H3;1H/p-1. The Hall–Kier alpha value is -1.74. The number of halogens is 1. The third-order valence-corrected chi connectivity index (χ3v) is 3.65. The number of nitro benzene ring substituents is 1. The number of nitro groups is 1. The first-order valence-corrected chi connectivity index (χ1v) is 6.51. The van der Waals surface area contributed by atoms with Gasteiger partial charge in [-0.3, -0.25) is 10.1 Å². The highest BCUT2D eigenvalue weighted by atomic mass is 79.9. The van der Waals surface area contributed by atoms with Crippen LogP contribution in [-0.2, 0) is 0 Å². The third-order valence-electron chi connectivity index (χ3n) is 2.72. The molecule has 0 N–H and O–H groups in total. The van der Waals surface area contributed by atoms with Crippen molar-refractivity contribution in [3.63, 3.8) is 0 Å². The van der Waals surface area contributed by atoms with Crippen LogP contribution >= 0.6 is 11.8 Å². The Kier molecular flexibility index (Phi) is 4.19. The number of aromatic nitrogens is 3. The summed E-state index contributed by atoms with van der Waals surface area (Å²) in [7, 11) is 0. The fourth-order valence-corrected chi connectivity index (χ4v) is 2.65. The molecule has 1 aliphatic heterocycles. The predicted molar refractivity (Wildman–Crippen MR) is 70.5 cm³/mol. The van der Waals surface area contributed by atoms with Gasteiger partial charge in [-0.15, -0.1) is 10.2 Å². The van der Waals surface area contributed by atoms with Crippen LogP contribution in [0.3, 0.4) is 0 Å². The van der Waals surface area contributed by atoms with Crippen LogP contribution in [0.2, 0.25) is 0 Å². The smallest absolute Gasteiger partial charge is 0.270 e. The van der Waals surface area contributed by atoms with Crippen molar-refractivity contribution in [1.29, 1.82) is 0 Å². The lowest BCUT2D eigenvalue weighted by Crippen LogP contribution is -3.00. The molecule has 2 aromatic rings. The molecule has 0 amide bonds. The van der Waals surface area contributed by atoms with E-state index in [1.807, 2.05) is 13.0 Å². The fourth-order valence-electron chi connectivity index (χ4n) is 1.77. The molecule has 7 nitrogen and oxygen atoms in total. The summed E-state index contributed by atoms with van der Waals surface area (Å²) < 4.78 is 1.66. The molecule has 1 aromatic heterocycles. The minimum absolute atomic E-state index is 0. The van der Waals surface area contributed by atoms with Gasteiger partial charge < -0.3 is 17.0 Å². The normalized spacial score (nSPS) is 13.2. The van der Waals surface area contributed by atoms with Gasteiger partial charge in [-0.25, -0.2) is 0 Å². The number of thioether (sulfide) groups is 1. The van der Waals surface area contributed by atoms with Crippen molar-refractivity contribution < 1.29 is 21.9 Å². The van der Waals surface area contributed by atoms with Gasteiger partial charge >= 0.3 is 0 Å². The number of rotatable bonds is 2. The average molecular weight is 355 g/mol. The second-order valence-electron chi connectivity index (χ2n) is 3.98. The Morgan fingerprint density at radius 2 is 2.20 bits per heavy atom. The number of fused-ring (bicyclic) bond motifs is 1. The predicted octanol–water partition coefficient (Wildman–Crippen LogP) is -1.14. The highest BCUT2D eigenvalue weighted by molar-refractivity contribution is 7.99. The minimum Gasteiger partial charge on any atom is -1.00 e. The summed E-state index contributed by atoms with van der Waals surface area (Å²) in [5.41, 5.74) is 1.60. The first kappa shape index (κ1) is 14.7. The minimum atomic E-state index is -0.407. The molecule has 0 aliphatic carbocycles. The Morgan fingerprint density at radius 3 is 2.95 bits per heavy atom. The lowest BCUT2D eigenvalue weighted by atomic mass is 10.1. The van der Waals surface area contributed by atoms with Crippen LogP contribution in [0.4, 0.5) is 5.69 Å². The van der Waals surface area contributed by atoms with E-state index >= 15 is 0 Å². The number of non-ortho nitro benzene ring substituents is 1. The molecule has 0 spiro atoms. The van der Waals surface area contributed by atoms with Crippen LogP contribution in [0, 0.1) is 17.0 Å². The van der Waals surface area contributed by atoms with Crippen LogP contribution in [-0.4, -0.2) is 31.3 Å². The average Bonchev–Trinajstić information content (AvgIpc) is 2.80. The van der Waals surface area contributed by atoms with E-state index < -0.39 is 4.92 Å². The van der Waals surface area contributed by atoms with E-state index in [-0.39, 0.29) is 22.7 Å². The summed E-state index contributed by atoms with van der Waals surface area (Å²) in [5.74, 6) is 1.32. The zero-order chi connectivity index (χ0) is 13.4. The second-order valence-corrected chi connectivity index (χ2v) is 4.93. The Labute approximate surface area is 129 Å². The van der Waals surface area contributed by atoms with Crippen LogP contribution in [0.5, 0.6) is 0 Å². The lowest BCUT2D eigenvalue weighted by molar-refractivity contribution is -0.384. The van der Waals surface area contributed by atoms with Gasteiger partial charge in [0.15, 0.2) is 5.82 Å². The zero-order valence-corrected chi connectivity index (χ0v) is 12.8. The van der Waals surface area contributed by atoms with Crippen LogP contribution in [0.1, 0.15) is 11.4 Å². The van der Waals surface area contributed by atoms with E-state index in [2.05, 4.69) is 15.3 Å². The molecule has 9 heteroatoms. The molecule has 0 radical (unpaired) electrons. The SMILES string of the molecule is Cc1nnc2n1N=C(c1cccc([N+](=O)[O-])c1)CS2.[Br-]. The monoisotopic (exact) mass is 354 g/mol. The molecule has 0 saturated heterocycles. The first-order valence-electron chi connectivity index (χ1n) is 5.52. The van der Waals surface area contributed by atoms with Crippen molar-refractivity contribution in [2.75, 3.05) is 5.75 Å². The summed E-state index contributed by atoms with van der Waals surface area (Å²) in [6.45, 7) is 1.82. The number of hydrogen-bond donors (Lipinski definition) is 0. The summed E-state index contributed by atoms with van der Waals surface area (Å²) in [6, 6.07) is 6.48. The van der Waals surface area contributed by atoms with E-state index in [4.69, 9.17) is 0 Å². The highest BCUT2D eigenvalue weighted by Gasteiger charge is 2.19. The van der Waals surface area contributed by atoms with E-state index in [1.165, 1.54) is 23.9 Å². The maximum atomic E-state index is 10.8. The Bertz CT molecular complexity index is 700. The van der Waals surface area contributed by atoms with Crippen LogP contribution in [0.15, 0.2) is 34.5 Å². The summed E-state index contributed by atoms with van der Waals surface area (Å²) >= 11 is 1.52. The molecule has 0 atom stereocenters. The molecular weight excluding hydrogens is 346 g/mol. The van der Waals surface area contributed by atoms with Crippen molar-refractivity contribution in [1.82, 2.24) is 14.9 Å². The molecule has 104 valence electrons. The number of benzene rings is 1. The first-order chi connectivity index (χ1) is 9.15. The van der Waals surface area contributed by atoms with Crippen molar-refractivity contribution in [3.8, 4) is 0 Å². The summed E-state index contributed by atoms with van der Waals surface area (Å²) in [6.07, 6.45) is 0. The molecule has 3 rings (SSSR count). The topological polar surface area (TPSA) is 86.2 Å². The molecular formula is C11H9BrN5O2S-. The van der Waals surface area contributed by atoms with Gasteiger partial charge in [0, 0.05) is 23.4 Å². The zero-order valence-electron chi connectivity index (χ0n) is 10.4. The number of nitrogens with zero attached hydrogens (tertiary/aromatic N) is 5. The lowest BCUT2D eigenvalue weighted by Gasteiger charge is -2.12. The van der Waals surface area contributed by atoms with E-state index in [9.17, 15) is 10.1 Å². The summed E-state index contributed by atoms with van der Waals surface area (Å²) in [4.78, 5) is 10.4. The van der Waals surface area contributed by atoms with Crippen LogP contribution < -0.4 is 17.0 Å². The van der Waals surface area contributed by atoms with Gasteiger partial charge in [-0.2, -0.15) is 9.78 Å². The van der Waals surface area contributed by atoms with Gasteiger partial charge in [0.1, 0.15) is 0 Å². The molecule has 0 fully saturated rings. The van der Waals surface area contributed by atoms with Crippen molar-refractivity contribution >= 4 is 23.2 Å². The van der Waals surface area contributed by atoms with E-state index in [0.717, 1.165) is 16.4 Å². The van der Waals surface area contributed by atoms with Gasteiger partial charge in [-0.1, -0.05) is 23.9 Å². The summed E-state index contributed by atoms with van der Waals surface area (Å²) in [5, 5.41) is 23.9. The molecule has 1 aliphatic rings.